The zero-order valence-corrected chi connectivity index (χ0v) is 16.6. The number of carbonyl (C=O) groups excluding carboxylic acids is 2. The molecule has 0 spiro atoms. The number of aryl methyl sites for hydroxylation is 2. The van der Waals surface area contributed by atoms with Crippen LogP contribution in [0.5, 0.6) is 0 Å². The summed E-state index contributed by atoms with van der Waals surface area (Å²) in [5.74, 6) is -0.606. The third-order valence-electron chi connectivity index (χ3n) is 5.63. The van der Waals surface area contributed by atoms with Crippen LogP contribution in [0.3, 0.4) is 0 Å². The standard InChI is InChI=1S/C24H29NO3/c1-2-24(16-17-24)23(27)28-25-22(26)18-21-14-12-20(13-15-21)11-7-6-10-19-8-4-3-5-9-19/h3-5,8-9,12-15H,2,6-7,10-11,16-18H2,1H3,(H,25,26). The Kier molecular flexibility index (Phi) is 6.85. The van der Waals surface area contributed by atoms with E-state index in [1.807, 2.05) is 25.1 Å². The van der Waals surface area contributed by atoms with E-state index in [2.05, 4.69) is 41.9 Å². The minimum Gasteiger partial charge on any atom is -0.340 e. The van der Waals surface area contributed by atoms with Crippen molar-refractivity contribution in [2.75, 3.05) is 0 Å². The average Bonchev–Trinajstić information content (AvgIpc) is 3.53. The lowest BCUT2D eigenvalue weighted by atomic mass is 10.0. The molecule has 28 heavy (non-hydrogen) atoms. The highest BCUT2D eigenvalue weighted by atomic mass is 16.7. The van der Waals surface area contributed by atoms with Gasteiger partial charge in [-0.15, -0.1) is 0 Å². The molecular formula is C24H29NO3. The van der Waals surface area contributed by atoms with E-state index in [-0.39, 0.29) is 23.7 Å². The van der Waals surface area contributed by atoms with Crippen molar-refractivity contribution in [2.24, 2.45) is 5.41 Å². The first-order valence-electron chi connectivity index (χ1n) is 10.2. The number of benzene rings is 2. The summed E-state index contributed by atoms with van der Waals surface area (Å²) in [6.45, 7) is 1.97. The molecule has 0 atom stereocenters. The summed E-state index contributed by atoms with van der Waals surface area (Å²) in [4.78, 5) is 28.9. The van der Waals surface area contributed by atoms with Gasteiger partial charge in [0.2, 0.25) is 0 Å². The van der Waals surface area contributed by atoms with Crippen LogP contribution in [0.25, 0.3) is 0 Å². The SMILES string of the molecule is CCC1(C(=O)ONC(=O)Cc2ccc(CCCCc3ccccc3)cc2)CC1. The van der Waals surface area contributed by atoms with Crippen LogP contribution >= 0.6 is 0 Å². The number of hydrogen-bond acceptors (Lipinski definition) is 3. The van der Waals surface area contributed by atoms with Crippen molar-refractivity contribution in [1.82, 2.24) is 5.48 Å². The lowest BCUT2D eigenvalue weighted by molar-refractivity contribution is -0.163. The van der Waals surface area contributed by atoms with Crippen LogP contribution in [-0.4, -0.2) is 11.9 Å². The molecule has 1 fully saturated rings. The molecule has 1 saturated carbocycles. The van der Waals surface area contributed by atoms with Crippen molar-refractivity contribution < 1.29 is 14.4 Å². The molecule has 0 unspecified atom stereocenters. The topological polar surface area (TPSA) is 55.4 Å². The molecule has 1 N–H and O–H groups in total. The van der Waals surface area contributed by atoms with E-state index in [1.54, 1.807) is 0 Å². The molecule has 1 aliphatic carbocycles. The van der Waals surface area contributed by atoms with Gasteiger partial charge in [0, 0.05) is 0 Å². The monoisotopic (exact) mass is 379 g/mol. The number of amides is 1. The Bertz CT molecular complexity index is 779. The summed E-state index contributed by atoms with van der Waals surface area (Å²) >= 11 is 0. The molecular weight excluding hydrogens is 350 g/mol. The highest BCUT2D eigenvalue weighted by molar-refractivity contribution is 5.83. The first-order chi connectivity index (χ1) is 13.6. The number of rotatable bonds is 9. The van der Waals surface area contributed by atoms with E-state index >= 15 is 0 Å². The fourth-order valence-electron chi connectivity index (χ4n) is 3.41. The molecule has 0 aliphatic heterocycles. The number of nitrogens with one attached hydrogen (secondary N) is 1. The first-order valence-corrected chi connectivity index (χ1v) is 10.2. The lowest BCUT2D eigenvalue weighted by Crippen LogP contribution is -2.32. The highest BCUT2D eigenvalue weighted by Gasteiger charge is 2.50. The smallest absolute Gasteiger partial charge is 0.338 e. The van der Waals surface area contributed by atoms with Crippen LogP contribution in [0, 0.1) is 5.41 Å². The third-order valence-corrected chi connectivity index (χ3v) is 5.63. The maximum atomic E-state index is 12.0. The summed E-state index contributed by atoms with van der Waals surface area (Å²) in [6, 6.07) is 18.7. The molecule has 2 aromatic carbocycles. The molecule has 148 valence electrons. The fourth-order valence-corrected chi connectivity index (χ4v) is 3.41. The van der Waals surface area contributed by atoms with Crippen molar-refractivity contribution in [3.8, 4) is 0 Å². The van der Waals surface area contributed by atoms with Gasteiger partial charge in [-0.1, -0.05) is 61.5 Å². The van der Waals surface area contributed by atoms with Crippen molar-refractivity contribution >= 4 is 11.9 Å². The molecule has 0 heterocycles. The Morgan fingerprint density at radius 3 is 2.04 bits per heavy atom. The second kappa shape index (κ2) is 9.54. The number of hydroxylamine groups is 1. The molecule has 4 nitrogen and oxygen atoms in total. The fraction of sp³-hybridized carbons (Fsp3) is 0.417. The summed E-state index contributed by atoms with van der Waals surface area (Å²) in [5, 5.41) is 0. The van der Waals surface area contributed by atoms with Gasteiger partial charge in [0.25, 0.3) is 5.91 Å². The number of unbranched alkanes of at least 4 members (excludes halogenated alkanes) is 1. The van der Waals surface area contributed by atoms with Gasteiger partial charge in [-0.2, -0.15) is 5.48 Å². The maximum Gasteiger partial charge on any atom is 0.338 e. The maximum absolute atomic E-state index is 12.0. The largest absolute Gasteiger partial charge is 0.340 e. The second-order valence-corrected chi connectivity index (χ2v) is 7.73. The lowest BCUT2D eigenvalue weighted by Gasteiger charge is -2.11. The Hall–Kier alpha value is -2.62. The molecule has 3 rings (SSSR count). The number of carbonyl (C=O) groups is 2. The highest BCUT2D eigenvalue weighted by Crippen LogP contribution is 2.49. The third kappa shape index (κ3) is 5.69. The first kappa shape index (κ1) is 20.1. The van der Waals surface area contributed by atoms with Crippen LogP contribution in [-0.2, 0) is 33.7 Å². The molecule has 0 saturated heterocycles. The predicted octanol–water partition coefficient (Wildman–Crippen LogP) is 4.56. The summed E-state index contributed by atoms with van der Waals surface area (Å²) < 4.78 is 0. The van der Waals surface area contributed by atoms with E-state index < -0.39 is 0 Å². The predicted molar refractivity (Wildman–Crippen MR) is 109 cm³/mol. The van der Waals surface area contributed by atoms with Gasteiger partial charge in [0.1, 0.15) is 0 Å². The van der Waals surface area contributed by atoms with Gasteiger partial charge in [-0.05, 0) is 61.6 Å². The van der Waals surface area contributed by atoms with Gasteiger partial charge >= 0.3 is 5.97 Å². The van der Waals surface area contributed by atoms with Crippen LogP contribution in [0.1, 0.15) is 55.7 Å². The number of hydrogen-bond donors (Lipinski definition) is 1. The Morgan fingerprint density at radius 1 is 0.893 bits per heavy atom. The van der Waals surface area contributed by atoms with E-state index in [9.17, 15) is 9.59 Å². The van der Waals surface area contributed by atoms with Crippen LogP contribution in [0.4, 0.5) is 0 Å². The summed E-state index contributed by atoms with van der Waals surface area (Å²) in [7, 11) is 0. The molecule has 1 amide bonds. The molecule has 1 aliphatic rings. The molecule has 0 aromatic heterocycles. The second-order valence-electron chi connectivity index (χ2n) is 7.73. The molecule has 0 radical (unpaired) electrons. The minimum absolute atomic E-state index is 0.209. The zero-order chi connectivity index (χ0) is 19.8. The van der Waals surface area contributed by atoms with Crippen molar-refractivity contribution in [3.63, 3.8) is 0 Å². The van der Waals surface area contributed by atoms with E-state index in [0.29, 0.717) is 0 Å². The van der Waals surface area contributed by atoms with Gasteiger partial charge in [-0.25, -0.2) is 4.79 Å². The van der Waals surface area contributed by atoms with Gasteiger partial charge in [0.05, 0.1) is 11.8 Å². The Balaban J connectivity index is 1.35. The zero-order valence-electron chi connectivity index (χ0n) is 16.6. The van der Waals surface area contributed by atoms with Crippen molar-refractivity contribution in [2.45, 2.75) is 58.3 Å². The molecule has 0 bridgehead atoms. The average molecular weight is 380 g/mol. The normalized spacial score (nSPS) is 14.3. The summed E-state index contributed by atoms with van der Waals surface area (Å²) in [5.41, 5.74) is 5.52. The van der Waals surface area contributed by atoms with Crippen LogP contribution in [0.15, 0.2) is 54.6 Å². The summed E-state index contributed by atoms with van der Waals surface area (Å²) in [6.07, 6.45) is 7.13. The van der Waals surface area contributed by atoms with E-state index in [0.717, 1.165) is 44.1 Å². The van der Waals surface area contributed by atoms with Gasteiger partial charge in [0.15, 0.2) is 0 Å². The van der Waals surface area contributed by atoms with E-state index in [1.165, 1.54) is 17.5 Å². The van der Waals surface area contributed by atoms with Crippen molar-refractivity contribution in [3.05, 3.63) is 71.3 Å². The quantitative estimate of drug-likeness (QED) is 0.513. The van der Waals surface area contributed by atoms with Crippen LogP contribution in [0.2, 0.25) is 0 Å². The van der Waals surface area contributed by atoms with Gasteiger partial charge < -0.3 is 4.84 Å². The molecule has 4 heteroatoms. The van der Waals surface area contributed by atoms with Gasteiger partial charge in [-0.3, -0.25) is 4.79 Å². The van der Waals surface area contributed by atoms with Crippen LogP contribution < -0.4 is 5.48 Å². The van der Waals surface area contributed by atoms with E-state index in [4.69, 9.17) is 4.84 Å². The Morgan fingerprint density at radius 2 is 1.46 bits per heavy atom. The van der Waals surface area contributed by atoms with Crippen molar-refractivity contribution in [1.29, 1.82) is 0 Å². The minimum atomic E-state index is -0.352. The Labute approximate surface area is 167 Å². The molecule has 2 aromatic rings.